The molecular weight excluding hydrogens is 716 g/mol. The van der Waals surface area contributed by atoms with Crippen LogP contribution in [0.25, 0.3) is 0 Å². The van der Waals surface area contributed by atoms with Crippen LogP contribution in [0.5, 0.6) is 0 Å². The number of rotatable bonds is 9. The summed E-state index contributed by atoms with van der Waals surface area (Å²) in [7, 11) is -3.96. The number of amides is 3. The Hall–Kier alpha value is -4.45. The van der Waals surface area contributed by atoms with E-state index in [0.717, 1.165) is 65.0 Å². The van der Waals surface area contributed by atoms with E-state index in [1.807, 2.05) is 38.1 Å². The highest BCUT2D eigenvalue weighted by Gasteiger charge is 2.57. The molecule has 3 N–H and O–H groups in total. The Morgan fingerprint density at radius 2 is 1.62 bits per heavy atom. The number of carbonyl (C=O) groups is 3. The van der Waals surface area contributed by atoms with Crippen molar-refractivity contribution in [2.75, 3.05) is 28.2 Å². The molecule has 50 heavy (non-hydrogen) atoms. The molecule has 3 aromatic carbocycles. The van der Waals surface area contributed by atoms with Crippen molar-refractivity contribution in [1.82, 2.24) is 4.57 Å². The molecule has 0 bridgehead atoms. The number of nitrogens with one attached hydrogen (secondary N) is 1. The highest BCUT2D eigenvalue weighted by molar-refractivity contribution is 8.00. The van der Waals surface area contributed by atoms with Crippen molar-refractivity contribution in [2.45, 2.75) is 47.7 Å². The third kappa shape index (κ3) is 6.57. The van der Waals surface area contributed by atoms with Crippen LogP contribution in [0.1, 0.15) is 35.8 Å². The molecule has 1 saturated heterocycles. The number of thioether (sulfide) groups is 1. The molecule has 0 unspecified atom stereocenters. The zero-order valence-electron chi connectivity index (χ0n) is 26.5. The first kappa shape index (κ1) is 35.4. The Morgan fingerprint density at radius 1 is 0.960 bits per heavy atom. The van der Waals surface area contributed by atoms with Crippen molar-refractivity contribution in [2.24, 2.45) is 11.1 Å². The number of anilines is 3. The summed E-state index contributed by atoms with van der Waals surface area (Å²) in [6.45, 7) is 5.03. The monoisotopic (exact) mass is 745 g/mol. The number of sulfonamides is 1. The Bertz CT molecular complexity index is 2150. The highest BCUT2D eigenvalue weighted by atomic mass is 32.2. The van der Waals surface area contributed by atoms with Gasteiger partial charge in [0.2, 0.25) is 27.7 Å². The van der Waals surface area contributed by atoms with Gasteiger partial charge in [0.15, 0.2) is 0 Å². The smallest absolute Gasteiger partial charge is 0.372 e. The van der Waals surface area contributed by atoms with Crippen LogP contribution >= 0.6 is 23.1 Å². The average molecular weight is 746 g/mol. The fraction of sp³-hybridized carbons (Fsp3) is 0.273. The minimum atomic E-state index is -4.70. The number of fused-ring (bicyclic) bond motifs is 2. The molecule has 1 aromatic heterocycles. The van der Waals surface area contributed by atoms with Gasteiger partial charge in [0, 0.05) is 35.3 Å². The van der Waals surface area contributed by atoms with Crippen molar-refractivity contribution in [1.29, 1.82) is 0 Å². The predicted octanol–water partition coefficient (Wildman–Crippen LogP) is 4.86. The van der Waals surface area contributed by atoms with Gasteiger partial charge in [-0.1, -0.05) is 41.3 Å². The topological polar surface area (TPSA) is 152 Å². The third-order valence-corrected chi connectivity index (χ3v) is 12.2. The number of nitrogens with zero attached hydrogens (tertiary/aromatic N) is 3. The maximum Gasteiger partial charge on any atom is 0.416 e. The van der Waals surface area contributed by atoms with Gasteiger partial charge in [-0.05, 0) is 74.0 Å². The van der Waals surface area contributed by atoms with Crippen LogP contribution in [-0.4, -0.2) is 49.0 Å². The lowest BCUT2D eigenvalue weighted by atomic mass is 9.83. The van der Waals surface area contributed by atoms with Crippen molar-refractivity contribution in [3.8, 4) is 0 Å². The summed E-state index contributed by atoms with van der Waals surface area (Å²) in [6.07, 6.45) is -4.70. The molecule has 2 aliphatic heterocycles. The van der Waals surface area contributed by atoms with Crippen LogP contribution in [0.3, 0.4) is 0 Å². The number of nitrogens with two attached hydrogens (primary N) is 1. The zero-order chi connectivity index (χ0) is 36.1. The first-order chi connectivity index (χ1) is 23.6. The molecule has 3 atom stereocenters. The molecule has 2 aliphatic rings. The lowest BCUT2D eigenvalue weighted by Gasteiger charge is -2.31. The fourth-order valence-electron chi connectivity index (χ4n) is 6.24. The predicted molar refractivity (Wildman–Crippen MR) is 184 cm³/mol. The Kier molecular flexibility index (Phi) is 9.45. The van der Waals surface area contributed by atoms with Crippen LogP contribution in [0.2, 0.25) is 0 Å². The van der Waals surface area contributed by atoms with Gasteiger partial charge in [0.05, 0.1) is 27.1 Å². The van der Waals surface area contributed by atoms with Crippen molar-refractivity contribution < 1.29 is 36.0 Å². The number of imide groups is 1. The van der Waals surface area contributed by atoms with Crippen LogP contribution < -0.4 is 25.1 Å². The van der Waals surface area contributed by atoms with Crippen molar-refractivity contribution in [3.63, 3.8) is 0 Å². The Labute approximate surface area is 292 Å². The van der Waals surface area contributed by atoms with Gasteiger partial charge < -0.3 is 10.2 Å². The maximum absolute atomic E-state index is 14.1. The van der Waals surface area contributed by atoms with E-state index in [1.165, 1.54) is 34.9 Å². The van der Waals surface area contributed by atoms with Crippen LogP contribution in [-0.2, 0) is 37.1 Å². The second-order valence-electron chi connectivity index (χ2n) is 11.6. The molecule has 262 valence electrons. The quantitative estimate of drug-likeness (QED) is 0.231. The summed E-state index contributed by atoms with van der Waals surface area (Å²) in [4.78, 5) is 57.4. The van der Waals surface area contributed by atoms with Gasteiger partial charge in [-0.3, -0.25) is 23.7 Å². The molecule has 0 spiro atoms. The molecular formula is C33H30F3N5O6S3. The molecule has 0 radical (unpaired) electrons. The molecule has 3 amide bonds. The summed E-state index contributed by atoms with van der Waals surface area (Å²) in [5.74, 6) is -3.92. The van der Waals surface area contributed by atoms with E-state index in [-0.39, 0.29) is 16.3 Å². The van der Waals surface area contributed by atoms with E-state index in [4.69, 9.17) is 5.14 Å². The minimum Gasteiger partial charge on any atom is -0.372 e. The van der Waals surface area contributed by atoms with Crippen LogP contribution in [0.15, 0.2) is 87.5 Å². The average Bonchev–Trinajstić information content (AvgIpc) is 3.51. The van der Waals surface area contributed by atoms with Crippen LogP contribution in [0.4, 0.5) is 30.2 Å². The third-order valence-electron chi connectivity index (χ3n) is 8.63. The number of hydrogen-bond donors (Lipinski definition) is 2. The molecule has 4 aromatic rings. The molecule has 0 saturated carbocycles. The molecule has 11 nitrogen and oxygen atoms in total. The molecule has 3 heterocycles. The van der Waals surface area contributed by atoms with Crippen LogP contribution in [0, 0.1) is 5.92 Å². The molecule has 17 heteroatoms. The summed E-state index contributed by atoms with van der Waals surface area (Å²) in [5, 5.41) is 6.94. The van der Waals surface area contributed by atoms with Crippen molar-refractivity contribution >= 4 is 67.9 Å². The summed E-state index contributed by atoms with van der Waals surface area (Å²) in [6, 6.07) is 16.5. The van der Waals surface area contributed by atoms with E-state index in [9.17, 15) is 40.8 Å². The van der Waals surface area contributed by atoms with Gasteiger partial charge in [0.25, 0.3) is 0 Å². The lowest BCUT2D eigenvalue weighted by Crippen LogP contribution is -2.33. The van der Waals surface area contributed by atoms with E-state index < -0.39 is 68.0 Å². The molecule has 6 rings (SSSR count). The first-order valence-corrected chi connectivity index (χ1v) is 18.6. The van der Waals surface area contributed by atoms with Gasteiger partial charge in [0.1, 0.15) is 11.8 Å². The van der Waals surface area contributed by atoms with Gasteiger partial charge in [-0.2, -0.15) is 13.2 Å². The maximum atomic E-state index is 14.1. The lowest BCUT2D eigenvalue weighted by molar-refractivity contribution is -0.137. The number of benzene rings is 3. The van der Waals surface area contributed by atoms with E-state index in [2.05, 4.69) is 10.2 Å². The number of primary sulfonamides is 1. The van der Waals surface area contributed by atoms with E-state index in [0.29, 0.717) is 15.5 Å². The van der Waals surface area contributed by atoms with Gasteiger partial charge in [-0.15, -0.1) is 0 Å². The van der Waals surface area contributed by atoms with E-state index in [1.54, 1.807) is 0 Å². The normalized spacial score (nSPS) is 18.9. The highest BCUT2D eigenvalue weighted by Crippen LogP contribution is 2.54. The number of halogens is 3. The summed E-state index contributed by atoms with van der Waals surface area (Å²) < 4.78 is 65.2. The standard InChI is InChI=1S/C33H30F3N5O6S3/c1-3-39(4-2)21-12-8-18(9-13-21)25-26-27(30(44)41(29(26)43)22-7-5-6-19(16-22)33(34,35)36)48-31-28(25)49-32(45)40(31)17-24(42)38-20-10-14-23(15-11-20)50(37,46)47/h5-16,25-27H,3-4,17H2,1-2H3,(H,38,42)(H2,37,46,47)/t25-,26-,27+/m0/s1. The van der Waals surface area contributed by atoms with Gasteiger partial charge in [-0.25, -0.2) is 18.5 Å². The number of hydrogen-bond acceptors (Lipinski definition) is 9. The number of carbonyl (C=O) groups excluding carboxylic acids is 3. The summed E-state index contributed by atoms with van der Waals surface area (Å²) in [5.41, 5.74) is 0.553. The van der Waals surface area contributed by atoms with Gasteiger partial charge >= 0.3 is 11.0 Å². The second kappa shape index (κ2) is 13.4. The number of aromatic nitrogens is 1. The number of alkyl halides is 3. The van der Waals surface area contributed by atoms with Crippen molar-refractivity contribution in [3.05, 3.63) is 98.5 Å². The SMILES string of the molecule is CCN(CC)c1ccc([C@@H]2c3sc(=O)n(CC(=O)Nc4ccc(S(N)(=O)=O)cc4)c3S[C@H]3C(=O)N(c4cccc(C(F)(F)F)c4)C(=O)[C@@H]23)cc1. The first-order valence-electron chi connectivity index (χ1n) is 15.3. The largest absolute Gasteiger partial charge is 0.416 e. The molecule has 0 aliphatic carbocycles. The fourth-order valence-corrected chi connectivity index (χ4v) is 9.53. The second-order valence-corrected chi connectivity index (χ2v) is 15.3. The molecule has 1 fully saturated rings. The minimum absolute atomic E-state index is 0.157. The van der Waals surface area contributed by atoms with E-state index >= 15 is 0 Å². The zero-order valence-corrected chi connectivity index (χ0v) is 29.0. The number of thiazole rings is 1. The Balaban J connectivity index is 1.39. The summed E-state index contributed by atoms with van der Waals surface area (Å²) >= 11 is 1.76. The Morgan fingerprint density at radius 3 is 2.22 bits per heavy atom.